The van der Waals surface area contributed by atoms with E-state index in [0.29, 0.717) is 10.9 Å². The quantitative estimate of drug-likeness (QED) is 0.258. The van der Waals surface area contributed by atoms with Crippen LogP contribution in [0.1, 0.15) is 28.4 Å². The van der Waals surface area contributed by atoms with Crippen LogP contribution in [0.4, 0.5) is 22.9 Å². The van der Waals surface area contributed by atoms with E-state index < -0.39 is 0 Å². The fourth-order valence-electron chi connectivity index (χ4n) is 5.30. The van der Waals surface area contributed by atoms with Crippen molar-refractivity contribution >= 4 is 46.2 Å². The molecule has 7 rings (SSSR count). The van der Waals surface area contributed by atoms with E-state index in [-0.39, 0.29) is 6.04 Å². The van der Waals surface area contributed by atoms with Crippen LogP contribution in [-0.2, 0) is 0 Å². The monoisotopic (exact) mass is 528 g/mol. The van der Waals surface area contributed by atoms with E-state index in [2.05, 4.69) is 59.6 Å². The number of nitrogens with one attached hydrogen (secondary N) is 1. The van der Waals surface area contributed by atoms with Gasteiger partial charge in [-0.25, -0.2) is 14.7 Å². The molecular formula is C32H25ClN6. The largest absolute Gasteiger partial charge is 0.337 e. The number of hydrogen-bond donors (Lipinski definition) is 1. The highest BCUT2D eigenvalue weighted by molar-refractivity contribution is 6.51. The molecule has 2 aliphatic rings. The van der Waals surface area contributed by atoms with Crippen LogP contribution in [0.2, 0.25) is 5.02 Å². The number of nitrogens with zero attached hydrogens (tertiary/aromatic N) is 5. The van der Waals surface area contributed by atoms with Gasteiger partial charge in [-0.15, -0.1) is 0 Å². The zero-order chi connectivity index (χ0) is 26.5. The molecule has 0 fully saturated rings. The second kappa shape index (κ2) is 9.26. The lowest BCUT2D eigenvalue weighted by Crippen LogP contribution is -2.46. The lowest BCUT2D eigenvalue weighted by atomic mass is 9.93. The Morgan fingerprint density at radius 3 is 2.28 bits per heavy atom. The van der Waals surface area contributed by atoms with Crippen LogP contribution >= 0.6 is 11.6 Å². The highest BCUT2D eigenvalue weighted by atomic mass is 35.5. The summed E-state index contributed by atoms with van der Waals surface area (Å²) in [5.41, 5.74) is 7.85. The Kier molecular flexibility index (Phi) is 5.56. The molecular weight excluding hydrogens is 504 g/mol. The van der Waals surface area contributed by atoms with Crippen LogP contribution in [-0.4, -0.2) is 21.5 Å². The van der Waals surface area contributed by atoms with Gasteiger partial charge in [0.2, 0.25) is 0 Å². The normalized spacial score (nSPS) is 15.6. The molecule has 0 saturated heterocycles. The first-order chi connectivity index (χ1) is 19.1. The third-order valence-electron chi connectivity index (χ3n) is 7.19. The van der Waals surface area contributed by atoms with Crippen LogP contribution in [0.15, 0.2) is 113 Å². The summed E-state index contributed by atoms with van der Waals surface area (Å²) < 4.78 is 1.94. The molecule has 0 spiro atoms. The molecule has 4 aromatic carbocycles. The van der Waals surface area contributed by atoms with Gasteiger partial charge in [0.05, 0.1) is 28.8 Å². The zero-order valence-corrected chi connectivity index (χ0v) is 22.3. The summed E-state index contributed by atoms with van der Waals surface area (Å²) in [5, 5.41) is 9.20. The molecule has 0 bridgehead atoms. The number of amidine groups is 2. The number of aryl methyl sites for hydroxylation is 2. The summed E-state index contributed by atoms with van der Waals surface area (Å²) in [7, 11) is 0. The topological polar surface area (TPSA) is 57.8 Å². The molecule has 1 atom stereocenters. The SMILES string of the molecule is Cc1ccc(NC2=Nc3ccccc3N3C2=Nc2c(c(C)nn2-c2ccccc2)[C@H]3c2ccccc2)cc1Cl. The molecule has 190 valence electrons. The number of halogens is 1. The van der Waals surface area contributed by atoms with Gasteiger partial charge in [-0.3, -0.25) is 0 Å². The molecule has 2 aliphatic heterocycles. The average Bonchev–Trinajstić information content (AvgIpc) is 3.31. The third kappa shape index (κ3) is 3.92. The van der Waals surface area contributed by atoms with Crippen LogP contribution in [0.5, 0.6) is 0 Å². The molecule has 1 aromatic heterocycles. The number of para-hydroxylation sites is 3. The number of hydrogen-bond acceptors (Lipinski definition) is 5. The fourth-order valence-corrected chi connectivity index (χ4v) is 5.49. The fraction of sp³-hybridized carbons (Fsp3) is 0.0938. The lowest BCUT2D eigenvalue weighted by Gasteiger charge is -2.40. The zero-order valence-electron chi connectivity index (χ0n) is 21.5. The van der Waals surface area contributed by atoms with Gasteiger partial charge in [-0.1, -0.05) is 78.3 Å². The molecule has 6 nitrogen and oxygen atoms in total. The Hall–Kier alpha value is -4.68. The first-order valence-corrected chi connectivity index (χ1v) is 13.3. The maximum Gasteiger partial charge on any atom is 0.179 e. The Balaban J connectivity index is 1.49. The Labute approximate surface area is 231 Å². The minimum absolute atomic E-state index is 0.152. The van der Waals surface area contributed by atoms with E-state index in [1.54, 1.807) is 0 Å². The van der Waals surface area contributed by atoms with Gasteiger partial charge in [0.25, 0.3) is 0 Å². The highest BCUT2D eigenvalue weighted by Gasteiger charge is 2.41. The maximum absolute atomic E-state index is 6.48. The van der Waals surface area contributed by atoms with Gasteiger partial charge in [0.15, 0.2) is 17.5 Å². The van der Waals surface area contributed by atoms with Crippen molar-refractivity contribution in [1.29, 1.82) is 0 Å². The summed E-state index contributed by atoms with van der Waals surface area (Å²) in [6.45, 7) is 4.05. The summed E-state index contributed by atoms with van der Waals surface area (Å²) in [4.78, 5) is 12.6. The first kappa shape index (κ1) is 23.4. The Bertz CT molecular complexity index is 1770. The van der Waals surface area contributed by atoms with Crippen molar-refractivity contribution in [2.45, 2.75) is 19.9 Å². The number of rotatable bonds is 3. The van der Waals surface area contributed by atoms with Gasteiger partial charge in [0.1, 0.15) is 0 Å². The minimum Gasteiger partial charge on any atom is -0.337 e. The molecule has 39 heavy (non-hydrogen) atoms. The molecule has 0 saturated carbocycles. The Morgan fingerprint density at radius 2 is 1.51 bits per heavy atom. The predicted octanol–water partition coefficient (Wildman–Crippen LogP) is 7.94. The van der Waals surface area contributed by atoms with E-state index in [1.807, 2.05) is 72.3 Å². The van der Waals surface area contributed by atoms with Crippen LogP contribution in [0, 0.1) is 13.8 Å². The average molecular weight is 529 g/mol. The van der Waals surface area contributed by atoms with E-state index >= 15 is 0 Å². The van der Waals surface area contributed by atoms with Gasteiger partial charge < -0.3 is 10.2 Å². The number of aromatic nitrogens is 2. The van der Waals surface area contributed by atoms with Crippen molar-refractivity contribution in [2.75, 3.05) is 10.2 Å². The smallest absolute Gasteiger partial charge is 0.179 e. The second-order valence-electron chi connectivity index (χ2n) is 9.73. The standard InChI is InChI=1S/C32H25ClN6/c1-20-17-18-23(19-25(20)33)34-30-32-36-31-28(21(2)37-39(31)24-13-7-4-8-14-24)29(22-11-5-3-6-12-22)38(32)27-16-10-9-15-26(27)35-30/h3-19,29H,1-2H3,(H,34,35)/t29-/m1/s1. The minimum atomic E-state index is -0.152. The molecule has 0 unspecified atom stereocenters. The maximum atomic E-state index is 6.48. The number of aliphatic imine (C=N–C) groups is 2. The second-order valence-corrected chi connectivity index (χ2v) is 10.1. The van der Waals surface area contributed by atoms with Gasteiger partial charge in [-0.05, 0) is 61.4 Å². The van der Waals surface area contributed by atoms with Crippen molar-refractivity contribution in [3.63, 3.8) is 0 Å². The van der Waals surface area contributed by atoms with Crippen molar-refractivity contribution in [3.8, 4) is 5.69 Å². The summed E-state index contributed by atoms with van der Waals surface area (Å²) in [6.07, 6.45) is 0. The molecule has 0 radical (unpaired) electrons. The van der Waals surface area contributed by atoms with E-state index in [4.69, 9.17) is 26.7 Å². The number of fused-ring (bicyclic) bond motifs is 4. The van der Waals surface area contributed by atoms with Crippen molar-refractivity contribution in [2.24, 2.45) is 9.98 Å². The third-order valence-corrected chi connectivity index (χ3v) is 7.60. The molecule has 0 amide bonds. The van der Waals surface area contributed by atoms with Gasteiger partial charge in [0, 0.05) is 16.3 Å². The summed E-state index contributed by atoms with van der Waals surface area (Å²) in [5.74, 6) is 2.18. The molecule has 7 heteroatoms. The summed E-state index contributed by atoms with van der Waals surface area (Å²) >= 11 is 6.48. The van der Waals surface area contributed by atoms with Crippen LogP contribution < -0.4 is 10.2 Å². The molecule has 5 aromatic rings. The van der Waals surface area contributed by atoms with Gasteiger partial charge >= 0.3 is 0 Å². The number of benzene rings is 4. The van der Waals surface area contributed by atoms with Gasteiger partial charge in [-0.2, -0.15) is 5.10 Å². The highest BCUT2D eigenvalue weighted by Crippen LogP contribution is 2.48. The first-order valence-electron chi connectivity index (χ1n) is 12.9. The number of anilines is 2. The van der Waals surface area contributed by atoms with Crippen LogP contribution in [0.3, 0.4) is 0 Å². The van der Waals surface area contributed by atoms with Crippen molar-refractivity contribution in [3.05, 3.63) is 131 Å². The van der Waals surface area contributed by atoms with Crippen molar-refractivity contribution < 1.29 is 0 Å². The van der Waals surface area contributed by atoms with E-state index in [9.17, 15) is 0 Å². The van der Waals surface area contributed by atoms with Crippen LogP contribution in [0.25, 0.3) is 5.69 Å². The lowest BCUT2D eigenvalue weighted by molar-refractivity contribution is 0.815. The van der Waals surface area contributed by atoms with E-state index in [1.165, 1.54) is 0 Å². The van der Waals surface area contributed by atoms with Crippen molar-refractivity contribution in [1.82, 2.24) is 9.78 Å². The Morgan fingerprint density at radius 1 is 0.795 bits per heavy atom. The predicted molar refractivity (Wildman–Crippen MR) is 160 cm³/mol. The molecule has 0 aliphatic carbocycles. The molecule has 3 heterocycles. The van der Waals surface area contributed by atoms with E-state index in [0.717, 1.165) is 56.8 Å². The summed E-state index contributed by atoms with van der Waals surface area (Å²) in [6, 6.07) is 34.6. The molecule has 1 N–H and O–H groups in total.